The zero-order chi connectivity index (χ0) is 17.4. The monoisotopic (exact) mass is 408 g/mol. The molecule has 134 valence electrons. The normalized spacial score (nSPS) is 23.2. The molecular weight excluding hydrogens is 388 g/mol. The number of likely N-dealkylation sites (tertiary alicyclic amines) is 1. The number of carbonyl (C=O) groups is 2. The van der Waals surface area contributed by atoms with E-state index in [1.54, 1.807) is 12.1 Å². The van der Waals surface area contributed by atoms with Crippen LogP contribution in [-0.4, -0.2) is 42.5 Å². The second-order valence-corrected chi connectivity index (χ2v) is 7.70. The van der Waals surface area contributed by atoms with Crippen molar-refractivity contribution in [2.24, 2.45) is 5.92 Å². The molecule has 7 heteroatoms. The first-order valence-corrected chi connectivity index (χ1v) is 9.60. The van der Waals surface area contributed by atoms with Crippen LogP contribution in [0.25, 0.3) is 0 Å². The van der Waals surface area contributed by atoms with Gasteiger partial charge in [0.1, 0.15) is 13.2 Å². The molecule has 1 atom stereocenters. The van der Waals surface area contributed by atoms with E-state index in [0.717, 1.165) is 17.3 Å². The van der Waals surface area contributed by atoms with Crippen LogP contribution in [0.3, 0.4) is 0 Å². The maximum Gasteiger partial charge on any atom is 0.229 e. The molecule has 6 nitrogen and oxygen atoms in total. The van der Waals surface area contributed by atoms with Gasteiger partial charge in [-0.3, -0.25) is 9.59 Å². The molecule has 0 spiro atoms. The molecule has 2 aliphatic heterocycles. The predicted octanol–water partition coefficient (Wildman–Crippen LogP) is 2.95. The fraction of sp³-hybridized carbons (Fsp3) is 0.556. The Kier molecular flexibility index (Phi) is 4.58. The number of hydrogen-bond donors (Lipinski definition) is 1. The molecule has 1 aromatic carbocycles. The molecule has 2 heterocycles. The van der Waals surface area contributed by atoms with Gasteiger partial charge in [-0.1, -0.05) is 12.8 Å². The molecule has 1 aromatic rings. The Balaban J connectivity index is 1.44. The molecule has 3 aliphatic rings. The van der Waals surface area contributed by atoms with Crippen LogP contribution in [0.5, 0.6) is 11.5 Å². The van der Waals surface area contributed by atoms with Crippen molar-refractivity contribution in [3.8, 4) is 11.5 Å². The lowest BCUT2D eigenvalue weighted by atomic mass is 10.1. The molecule has 1 saturated heterocycles. The van der Waals surface area contributed by atoms with Gasteiger partial charge in [0, 0.05) is 35.6 Å². The Morgan fingerprint density at radius 2 is 1.84 bits per heavy atom. The van der Waals surface area contributed by atoms with Crippen LogP contribution < -0.4 is 14.8 Å². The fourth-order valence-electron chi connectivity index (χ4n) is 3.87. The van der Waals surface area contributed by atoms with Crippen molar-refractivity contribution in [2.75, 3.05) is 25.1 Å². The van der Waals surface area contributed by atoms with Gasteiger partial charge >= 0.3 is 0 Å². The molecule has 1 saturated carbocycles. The number of hydrogen-bond acceptors (Lipinski definition) is 4. The van der Waals surface area contributed by atoms with Crippen LogP contribution in [-0.2, 0) is 9.59 Å². The number of benzene rings is 1. The van der Waals surface area contributed by atoms with Crippen LogP contribution in [0, 0.1) is 5.92 Å². The lowest BCUT2D eigenvalue weighted by molar-refractivity contribution is -0.129. The predicted molar refractivity (Wildman–Crippen MR) is 95.8 cm³/mol. The van der Waals surface area contributed by atoms with E-state index in [4.69, 9.17) is 9.47 Å². The second-order valence-electron chi connectivity index (χ2n) is 6.85. The minimum atomic E-state index is -0.298. The summed E-state index contributed by atoms with van der Waals surface area (Å²) in [7, 11) is 0. The smallest absolute Gasteiger partial charge is 0.229 e. The van der Waals surface area contributed by atoms with Crippen molar-refractivity contribution in [1.29, 1.82) is 0 Å². The van der Waals surface area contributed by atoms with E-state index in [0.29, 0.717) is 49.4 Å². The number of fused-ring (bicyclic) bond motifs is 1. The van der Waals surface area contributed by atoms with Crippen LogP contribution >= 0.6 is 15.9 Å². The highest BCUT2D eigenvalue weighted by molar-refractivity contribution is 9.10. The van der Waals surface area contributed by atoms with Crippen LogP contribution in [0.2, 0.25) is 0 Å². The summed E-state index contributed by atoms with van der Waals surface area (Å²) >= 11 is 3.46. The first kappa shape index (κ1) is 16.7. The molecule has 2 fully saturated rings. The van der Waals surface area contributed by atoms with Gasteiger partial charge in [0.25, 0.3) is 0 Å². The average Bonchev–Trinajstić information content (AvgIpc) is 3.24. The summed E-state index contributed by atoms with van der Waals surface area (Å²) in [6.45, 7) is 1.54. The minimum absolute atomic E-state index is 0.105. The van der Waals surface area contributed by atoms with Gasteiger partial charge in [0.2, 0.25) is 11.8 Å². The van der Waals surface area contributed by atoms with Crippen molar-refractivity contribution in [1.82, 2.24) is 4.90 Å². The summed E-state index contributed by atoms with van der Waals surface area (Å²) in [5, 5.41) is 2.93. The van der Waals surface area contributed by atoms with E-state index >= 15 is 0 Å². The standard InChI is InChI=1S/C18H21BrN2O4/c19-13-8-15-16(25-6-5-24-15)9-14(13)20-18(23)11-7-17(22)21(10-11)12-3-1-2-4-12/h8-9,11-12H,1-7,10H2,(H,20,23)/t11-/m0/s1. The molecular formula is C18H21BrN2O4. The Morgan fingerprint density at radius 1 is 1.16 bits per heavy atom. The first-order chi connectivity index (χ1) is 12.1. The molecule has 4 rings (SSSR count). The fourth-order valence-corrected chi connectivity index (χ4v) is 4.29. The van der Waals surface area contributed by atoms with E-state index in [9.17, 15) is 9.59 Å². The van der Waals surface area contributed by atoms with Gasteiger partial charge in [0.15, 0.2) is 11.5 Å². The number of nitrogens with zero attached hydrogens (tertiary/aromatic N) is 1. The molecule has 1 aliphatic carbocycles. The Bertz CT molecular complexity index is 703. The Morgan fingerprint density at radius 3 is 2.56 bits per heavy atom. The molecule has 25 heavy (non-hydrogen) atoms. The lowest BCUT2D eigenvalue weighted by Crippen LogP contribution is -2.35. The third kappa shape index (κ3) is 3.34. The highest BCUT2D eigenvalue weighted by atomic mass is 79.9. The molecule has 0 radical (unpaired) electrons. The van der Waals surface area contributed by atoms with Gasteiger partial charge in [-0.15, -0.1) is 0 Å². The zero-order valence-electron chi connectivity index (χ0n) is 13.9. The van der Waals surface area contributed by atoms with Gasteiger partial charge in [-0.05, 0) is 28.8 Å². The van der Waals surface area contributed by atoms with E-state index in [2.05, 4.69) is 21.2 Å². The van der Waals surface area contributed by atoms with Gasteiger partial charge < -0.3 is 19.7 Å². The lowest BCUT2D eigenvalue weighted by Gasteiger charge is -2.24. The molecule has 0 aromatic heterocycles. The zero-order valence-corrected chi connectivity index (χ0v) is 15.5. The first-order valence-electron chi connectivity index (χ1n) is 8.81. The molecule has 1 N–H and O–H groups in total. The quantitative estimate of drug-likeness (QED) is 0.834. The van der Waals surface area contributed by atoms with E-state index in [1.165, 1.54) is 12.8 Å². The second kappa shape index (κ2) is 6.86. The maximum absolute atomic E-state index is 12.7. The van der Waals surface area contributed by atoms with E-state index in [-0.39, 0.29) is 17.7 Å². The third-order valence-corrected chi connectivity index (χ3v) is 5.84. The van der Waals surface area contributed by atoms with Crippen LogP contribution in [0.1, 0.15) is 32.1 Å². The van der Waals surface area contributed by atoms with E-state index < -0.39 is 0 Å². The number of anilines is 1. The van der Waals surface area contributed by atoms with Gasteiger partial charge in [0.05, 0.1) is 11.6 Å². The number of rotatable bonds is 3. The van der Waals surface area contributed by atoms with Crippen molar-refractivity contribution in [3.63, 3.8) is 0 Å². The summed E-state index contributed by atoms with van der Waals surface area (Å²) in [5.41, 5.74) is 0.640. The summed E-state index contributed by atoms with van der Waals surface area (Å²) in [5.74, 6) is 0.979. The summed E-state index contributed by atoms with van der Waals surface area (Å²) in [6, 6.07) is 3.89. The Labute approximate surface area is 155 Å². The highest BCUT2D eigenvalue weighted by Crippen LogP contribution is 2.38. The average molecular weight is 409 g/mol. The van der Waals surface area contributed by atoms with Crippen molar-refractivity contribution in [2.45, 2.75) is 38.1 Å². The number of nitrogens with one attached hydrogen (secondary N) is 1. The summed E-state index contributed by atoms with van der Waals surface area (Å²) in [6.07, 6.45) is 4.77. The summed E-state index contributed by atoms with van der Waals surface area (Å²) < 4.78 is 11.8. The third-order valence-electron chi connectivity index (χ3n) is 5.18. The largest absolute Gasteiger partial charge is 0.486 e. The van der Waals surface area contributed by atoms with Crippen LogP contribution in [0.4, 0.5) is 5.69 Å². The molecule has 0 bridgehead atoms. The van der Waals surface area contributed by atoms with Gasteiger partial charge in [-0.2, -0.15) is 0 Å². The number of carbonyl (C=O) groups excluding carboxylic acids is 2. The van der Waals surface area contributed by atoms with Crippen molar-refractivity contribution in [3.05, 3.63) is 16.6 Å². The number of amides is 2. The number of ether oxygens (including phenoxy) is 2. The molecule has 0 unspecified atom stereocenters. The molecule has 2 amide bonds. The van der Waals surface area contributed by atoms with E-state index in [1.807, 2.05) is 4.90 Å². The van der Waals surface area contributed by atoms with Crippen molar-refractivity contribution < 1.29 is 19.1 Å². The minimum Gasteiger partial charge on any atom is -0.486 e. The topological polar surface area (TPSA) is 67.9 Å². The highest BCUT2D eigenvalue weighted by Gasteiger charge is 2.38. The van der Waals surface area contributed by atoms with Crippen molar-refractivity contribution >= 4 is 33.4 Å². The van der Waals surface area contributed by atoms with Crippen LogP contribution in [0.15, 0.2) is 16.6 Å². The summed E-state index contributed by atoms with van der Waals surface area (Å²) in [4.78, 5) is 26.9. The SMILES string of the molecule is O=C(Nc1cc2c(cc1Br)OCCO2)[C@H]1CC(=O)N(C2CCCC2)C1. The van der Waals surface area contributed by atoms with Gasteiger partial charge in [-0.25, -0.2) is 0 Å². The Hall–Kier alpha value is -1.76. The number of halogens is 1. The maximum atomic E-state index is 12.7.